The molecule has 1 aromatic carbocycles. The van der Waals surface area contributed by atoms with Crippen molar-refractivity contribution in [2.75, 3.05) is 20.3 Å². The molecule has 1 atom stereocenters. The molecule has 0 fully saturated rings. The third kappa shape index (κ3) is 2.94. The minimum Gasteiger partial charge on any atom is -0.453 e. The van der Waals surface area contributed by atoms with E-state index in [2.05, 4.69) is 33.2 Å². The standard InChI is InChI=1S/C17H18N2O3/c1-21-17(20)19-11-16-15-6-2-5-13(14(15)7-9-22-16)12-4-3-8-18-10-12/h2-6,8,10,16H,7,9,11H2,1H3,(H,19,20). The Kier molecular flexibility index (Phi) is 4.34. The van der Waals surface area contributed by atoms with Crippen molar-refractivity contribution in [1.82, 2.24) is 10.3 Å². The maximum atomic E-state index is 11.3. The third-order valence-corrected chi connectivity index (χ3v) is 3.82. The van der Waals surface area contributed by atoms with Gasteiger partial charge in [-0.15, -0.1) is 0 Å². The fourth-order valence-electron chi connectivity index (χ4n) is 2.79. The lowest BCUT2D eigenvalue weighted by Gasteiger charge is -2.28. The lowest BCUT2D eigenvalue weighted by Crippen LogP contribution is -2.31. The van der Waals surface area contributed by atoms with E-state index >= 15 is 0 Å². The SMILES string of the molecule is COC(=O)NCC1OCCc2c(-c3cccnc3)cccc21. The number of nitrogens with zero attached hydrogens (tertiary/aromatic N) is 1. The zero-order valence-electron chi connectivity index (χ0n) is 12.4. The Bertz CT molecular complexity index is 658. The second-order valence-electron chi connectivity index (χ2n) is 5.10. The summed E-state index contributed by atoms with van der Waals surface area (Å²) in [5.41, 5.74) is 4.65. The molecule has 0 saturated heterocycles. The smallest absolute Gasteiger partial charge is 0.406 e. The van der Waals surface area contributed by atoms with Gasteiger partial charge in [0, 0.05) is 18.0 Å². The van der Waals surface area contributed by atoms with Gasteiger partial charge in [0.05, 0.1) is 20.3 Å². The lowest BCUT2D eigenvalue weighted by atomic mass is 9.90. The predicted octanol–water partition coefficient (Wildman–Crippen LogP) is 2.72. The van der Waals surface area contributed by atoms with Crippen molar-refractivity contribution >= 4 is 6.09 Å². The van der Waals surface area contributed by atoms with Crippen LogP contribution in [0.4, 0.5) is 4.79 Å². The molecule has 0 saturated carbocycles. The summed E-state index contributed by atoms with van der Waals surface area (Å²) >= 11 is 0. The minimum absolute atomic E-state index is 0.153. The molecule has 3 rings (SSSR count). The number of rotatable bonds is 3. The van der Waals surface area contributed by atoms with E-state index in [-0.39, 0.29) is 6.10 Å². The molecule has 2 aromatic rings. The Morgan fingerprint density at radius 1 is 1.41 bits per heavy atom. The number of amides is 1. The van der Waals surface area contributed by atoms with Crippen molar-refractivity contribution in [2.45, 2.75) is 12.5 Å². The summed E-state index contributed by atoms with van der Waals surface area (Å²) in [6.07, 6.45) is 3.89. The molecular weight excluding hydrogens is 280 g/mol. The van der Waals surface area contributed by atoms with E-state index in [0.29, 0.717) is 13.2 Å². The first-order valence-corrected chi connectivity index (χ1v) is 7.25. The molecule has 0 aliphatic carbocycles. The molecule has 0 bridgehead atoms. The minimum atomic E-state index is -0.445. The van der Waals surface area contributed by atoms with Gasteiger partial charge < -0.3 is 14.8 Å². The van der Waals surface area contributed by atoms with Gasteiger partial charge in [0.15, 0.2) is 0 Å². The zero-order valence-corrected chi connectivity index (χ0v) is 12.4. The quantitative estimate of drug-likeness (QED) is 0.946. The number of alkyl carbamates (subject to hydrolysis) is 1. The van der Waals surface area contributed by atoms with Crippen molar-refractivity contribution in [3.05, 3.63) is 53.9 Å². The highest BCUT2D eigenvalue weighted by atomic mass is 16.5. The second-order valence-corrected chi connectivity index (χ2v) is 5.10. The maximum absolute atomic E-state index is 11.3. The van der Waals surface area contributed by atoms with Gasteiger partial charge in [-0.1, -0.05) is 24.3 Å². The Morgan fingerprint density at radius 3 is 3.09 bits per heavy atom. The van der Waals surface area contributed by atoms with E-state index in [1.165, 1.54) is 18.2 Å². The number of fused-ring (bicyclic) bond motifs is 1. The average molecular weight is 298 g/mol. The number of pyridine rings is 1. The highest BCUT2D eigenvalue weighted by Crippen LogP contribution is 2.33. The molecule has 1 N–H and O–H groups in total. The first-order chi connectivity index (χ1) is 10.8. The van der Waals surface area contributed by atoms with E-state index in [1.807, 2.05) is 18.3 Å². The number of ether oxygens (including phenoxy) is 2. The molecular formula is C17H18N2O3. The number of methoxy groups -OCH3 is 1. The normalized spacial score (nSPS) is 16.7. The monoisotopic (exact) mass is 298 g/mol. The molecule has 1 amide bonds. The van der Waals surface area contributed by atoms with Crippen molar-refractivity contribution in [2.24, 2.45) is 0 Å². The molecule has 114 valence electrons. The van der Waals surface area contributed by atoms with Gasteiger partial charge in [-0.2, -0.15) is 0 Å². The molecule has 5 nitrogen and oxygen atoms in total. The van der Waals surface area contributed by atoms with Gasteiger partial charge in [-0.05, 0) is 29.2 Å². The van der Waals surface area contributed by atoms with Crippen molar-refractivity contribution in [1.29, 1.82) is 0 Å². The summed E-state index contributed by atoms with van der Waals surface area (Å²) in [5.74, 6) is 0. The topological polar surface area (TPSA) is 60.5 Å². The Morgan fingerprint density at radius 2 is 2.32 bits per heavy atom. The van der Waals surface area contributed by atoms with Crippen LogP contribution in [0.3, 0.4) is 0 Å². The van der Waals surface area contributed by atoms with E-state index < -0.39 is 6.09 Å². The summed E-state index contributed by atoms with van der Waals surface area (Å²) in [7, 11) is 1.35. The van der Waals surface area contributed by atoms with E-state index in [9.17, 15) is 4.79 Å². The summed E-state index contributed by atoms with van der Waals surface area (Å²) in [4.78, 5) is 15.5. The Balaban J connectivity index is 1.90. The van der Waals surface area contributed by atoms with Crippen LogP contribution in [0, 0.1) is 0 Å². The van der Waals surface area contributed by atoms with Gasteiger partial charge >= 0.3 is 6.09 Å². The summed E-state index contributed by atoms with van der Waals surface area (Å²) < 4.78 is 10.4. The molecule has 1 aliphatic heterocycles. The van der Waals surface area contributed by atoms with Crippen molar-refractivity contribution in [3.8, 4) is 11.1 Å². The third-order valence-electron chi connectivity index (χ3n) is 3.82. The maximum Gasteiger partial charge on any atom is 0.406 e. The summed E-state index contributed by atoms with van der Waals surface area (Å²) in [5, 5.41) is 2.70. The van der Waals surface area contributed by atoms with Crippen LogP contribution in [0.1, 0.15) is 17.2 Å². The van der Waals surface area contributed by atoms with Crippen LogP contribution in [0.15, 0.2) is 42.7 Å². The van der Waals surface area contributed by atoms with Crippen LogP contribution in [0.2, 0.25) is 0 Å². The summed E-state index contributed by atoms with van der Waals surface area (Å²) in [6, 6.07) is 10.2. The lowest BCUT2D eigenvalue weighted by molar-refractivity contribution is 0.0421. The fraction of sp³-hybridized carbons (Fsp3) is 0.294. The van der Waals surface area contributed by atoms with Gasteiger partial charge in [-0.3, -0.25) is 4.98 Å². The van der Waals surface area contributed by atoms with E-state index in [0.717, 1.165) is 17.5 Å². The molecule has 2 heterocycles. The average Bonchev–Trinajstić information content (AvgIpc) is 2.59. The molecule has 1 unspecified atom stereocenters. The first-order valence-electron chi connectivity index (χ1n) is 7.25. The van der Waals surface area contributed by atoms with E-state index in [1.54, 1.807) is 6.20 Å². The van der Waals surface area contributed by atoms with Gasteiger partial charge in [-0.25, -0.2) is 4.79 Å². The van der Waals surface area contributed by atoms with Crippen LogP contribution < -0.4 is 5.32 Å². The summed E-state index contributed by atoms with van der Waals surface area (Å²) in [6.45, 7) is 1.04. The van der Waals surface area contributed by atoms with Gasteiger partial charge in [0.2, 0.25) is 0 Å². The number of aromatic nitrogens is 1. The predicted molar refractivity (Wildman–Crippen MR) is 82.5 cm³/mol. The number of hydrogen-bond acceptors (Lipinski definition) is 4. The van der Waals surface area contributed by atoms with Crippen LogP contribution in [-0.4, -0.2) is 31.3 Å². The number of hydrogen-bond donors (Lipinski definition) is 1. The molecule has 1 aliphatic rings. The van der Waals surface area contributed by atoms with Crippen LogP contribution in [0.5, 0.6) is 0 Å². The molecule has 1 aromatic heterocycles. The second kappa shape index (κ2) is 6.58. The number of carbonyl (C=O) groups excluding carboxylic acids is 1. The van der Waals surface area contributed by atoms with Crippen LogP contribution in [-0.2, 0) is 15.9 Å². The van der Waals surface area contributed by atoms with Crippen molar-refractivity contribution in [3.63, 3.8) is 0 Å². The molecule has 22 heavy (non-hydrogen) atoms. The largest absolute Gasteiger partial charge is 0.453 e. The van der Waals surface area contributed by atoms with Gasteiger partial charge in [0.1, 0.15) is 6.10 Å². The van der Waals surface area contributed by atoms with Gasteiger partial charge in [0.25, 0.3) is 0 Å². The van der Waals surface area contributed by atoms with Crippen LogP contribution >= 0.6 is 0 Å². The Labute approximate surface area is 129 Å². The van der Waals surface area contributed by atoms with Crippen molar-refractivity contribution < 1.29 is 14.3 Å². The number of benzene rings is 1. The zero-order chi connectivity index (χ0) is 15.4. The fourth-order valence-corrected chi connectivity index (χ4v) is 2.79. The number of nitrogens with one attached hydrogen (secondary N) is 1. The molecule has 0 spiro atoms. The number of carbonyl (C=O) groups is 1. The highest BCUT2D eigenvalue weighted by molar-refractivity contribution is 5.69. The molecule has 5 heteroatoms. The van der Waals surface area contributed by atoms with Crippen LogP contribution in [0.25, 0.3) is 11.1 Å². The Hall–Kier alpha value is -2.40. The highest BCUT2D eigenvalue weighted by Gasteiger charge is 2.23. The van der Waals surface area contributed by atoms with E-state index in [4.69, 9.17) is 4.74 Å². The first kappa shape index (κ1) is 14.5. The molecule has 0 radical (unpaired) electrons.